The molecule has 2 aliphatic rings. The Kier molecular flexibility index (Phi) is 11.8. The molecule has 2 aliphatic heterocycles. The highest BCUT2D eigenvalue weighted by molar-refractivity contribution is 7.93. The Labute approximate surface area is 237 Å². The van der Waals surface area contributed by atoms with Gasteiger partial charge in [0.05, 0.1) is 21.6 Å². The number of aliphatic hydroxyl groups is 2. The van der Waals surface area contributed by atoms with Gasteiger partial charge in [-0.05, 0) is 61.5 Å². The molecule has 0 bridgehead atoms. The molecule has 0 fully saturated rings. The normalized spacial score (nSPS) is 23.6. The number of unbranched alkanes of at least 4 members (excludes halogenated alkanes) is 2. The van der Waals surface area contributed by atoms with E-state index in [1.54, 1.807) is 0 Å². The van der Waals surface area contributed by atoms with Crippen LogP contribution in [0.5, 0.6) is 0 Å². The lowest BCUT2D eigenvalue weighted by Crippen LogP contribution is -2.17. The molecule has 0 saturated carbocycles. The lowest BCUT2D eigenvalue weighted by Gasteiger charge is -2.26. The number of rotatable bonds is 14. The number of aliphatic hydroxyl groups excluding tert-OH is 2. The molecule has 2 rings (SSSR count). The topological polar surface area (TPSA) is 74.6 Å². The van der Waals surface area contributed by atoms with Crippen molar-refractivity contribution in [3.8, 4) is 0 Å². The SMILES string of the molecule is CC1(C)C=C(/C=C\C2=CC(C)(C)C=C(CCCCC(C)(C)CO)S2=O)S(=O)C(CCCCC(C)(C)CO)=C1. The Morgan fingerprint density at radius 1 is 0.658 bits per heavy atom. The minimum atomic E-state index is -1.22. The molecule has 0 aliphatic carbocycles. The molecule has 0 spiro atoms. The fourth-order valence-electron chi connectivity index (χ4n) is 4.84. The van der Waals surface area contributed by atoms with Gasteiger partial charge in [-0.2, -0.15) is 0 Å². The van der Waals surface area contributed by atoms with Gasteiger partial charge in [0.1, 0.15) is 0 Å². The van der Waals surface area contributed by atoms with Crippen LogP contribution < -0.4 is 0 Å². The standard InChI is InChI=1S/C32H52O4S2/c1-29(2,23-33)17-11-9-13-25-19-31(5,6)21-27(37(25)35)15-16-28-22-32(7,8)20-26(38(28)36)14-10-12-18-30(3,4)24-34/h15-16,19-22,33-34H,9-14,17-18,23-24H2,1-8H3/b16-15-. The molecule has 0 aromatic rings. The van der Waals surface area contributed by atoms with Crippen molar-refractivity contribution in [1.82, 2.24) is 0 Å². The number of hydrogen-bond donors (Lipinski definition) is 2. The summed E-state index contributed by atoms with van der Waals surface area (Å²) in [5.74, 6) is 0. The smallest absolute Gasteiger partial charge is 0.0802 e. The third-order valence-electron chi connectivity index (χ3n) is 7.32. The molecule has 0 aromatic carbocycles. The summed E-state index contributed by atoms with van der Waals surface area (Å²) < 4.78 is 26.9. The molecule has 2 atom stereocenters. The Morgan fingerprint density at radius 3 is 1.32 bits per heavy atom. The maximum atomic E-state index is 13.4. The quantitative estimate of drug-likeness (QED) is 0.211. The average Bonchev–Trinajstić information content (AvgIpc) is 2.82. The van der Waals surface area contributed by atoms with Gasteiger partial charge >= 0.3 is 0 Å². The predicted molar refractivity (Wildman–Crippen MR) is 164 cm³/mol. The van der Waals surface area contributed by atoms with E-state index in [4.69, 9.17) is 0 Å². The number of allylic oxidation sites excluding steroid dienone is 8. The Morgan fingerprint density at radius 2 is 1.00 bits per heavy atom. The van der Waals surface area contributed by atoms with E-state index in [0.29, 0.717) is 0 Å². The van der Waals surface area contributed by atoms with Gasteiger partial charge < -0.3 is 10.2 Å². The van der Waals surface area contributed by atoms with E-state index >= 15 is 0 Å². The second kappa shape index (κ2) is 13.5. The van der Waals surface area contributed by atoms with Gasteiger partial charge in [0.15, 0.2) is 0 Å². The zero-order valence-corrected chi connectivity index (χ0v) is 26.7. The summed E-state index contributed by atoms with van der Waals surface area (Å²) in [7, 11) is -2.45. The van der Waals surface area contributed by atoms with Crippen molar-refractivity contribution >= 4 is 21.6 Å². The van der Waals surface area contributed by atoms with Gasteiger partial charge in [-0.15, -0.1) is 0 Å². The molecular formula is C32H52O4S2. The van der Waals surface area contributed by atoms with Crippen LogP contribution in [0.1, 0.15) is 107 Å². The van der Waals surface area contributed by atoms with Gasteiger partial charge in [-0.3, -0.25) is 0 Å². The van der Waals surface area contributed by atoms with E-state index in [2.05, 4.69) is 79.7 Å². The fourth-order valence-corrected chi connectivity index (χ4v) is 8.13. The van der Waals surface area contributed by atoms with Gasteiger partial charge in [0.2, 0.25) is 0 Å². The highest BCUT2D eigenvalue weighted by Crippen LogP contribution is 2.38. The van der Waals surface area contributed by atoms with Crippen LogP contribution in [-0.2, 0) is 21.6 Å². The Hall–Kier alpha value is -1.08. The third kappa shape index (κ3) is 10.5. The zero-order valence-electron chi connectivity index (χ0n) is 25.1. The van der Waals surface area contributed by atoms with Crippen molar-refractivity contribution in [2.45, 2.75) is 107 Å². The molecule has 0 saturated heterocycles. The summed E-state index contributed by atoms with van der Waals surface area (Å²) >= 11 is 0. The van der Waals surface area contributed by atoms with Crippen LogP contribution in [0.4, 0.5) is 0 Å². The van der Waals surface area contributed by atoms with Crippen LogP contribution in [0.3, 0.4) is 0 Å². The Bertz CT molecular complexity index is 954. The van der Waals surface area contributed by atoms with Crippen LogP contribution in [0.15, 0.2) is 56.1 Å². The maximum Gasteiger partial charge on any atom is 0.0802 e. The minimum absolute atomic E-state index is 0.0758. The molecule has 0 amide bonds. The van der Waals surface area contributed by atoms with Crippen molar-refractivity contribution in [1.29, 1.82) is 0 Å². The predicted octanol–water partition coefficient (Wildman–Crippen LogP) is 7.81. The first-order valence-electron chi connectivity index (χ1n) is 14.1. The van der Waals surface area contributed by atoms with Crippen LogP contribution in [0.2, 0.25) is 0 Å². The molecule has 2 heterocycles. The zero-order chi connectivity index (χ0) is 28.8. The van der Waals surface area contributed by atoms with Crippen LogP contribution in [-0.4, -0.2) is 31.8 Å². The summed E-state index contributed by atoms with van der Waals surface area (Å²) in [6.07, 6.45) is 19.5. The van der Waals surface area contributed by atoms with Gasteiger partial charge in [0.25, 0.3) is 0 Å². The first-order chi connectivity index (χ1) is 17.5. The highest BCUT2D eigenvalue weighted by atomic mass is 32.2. The molecule has 0 aromatic heterocycles. The molecule has 38 heavy (non-hydrogen) atoms. The van der Waals surface area contributed by atoms with E-state index in [9.17, 15) is 18.6 Å². The van der Waals surface area contributed by atoms with Crippen molar-refractivity contribution in [2.24, 2.45) is 21.7 Å². The van der Waals surface area contributed by atoms with Crippen molar-refractivity contribution in [3.05, 3.63) is 56.1 Å². The lowest BCUT2D eigenvalue weighted by atomic mass is 9.87. The third-order valence-corrected chi connectivity index (χ3v) is 10.3. The van der Waals surface area contributed by atoms with Crippen molar-refractivity contribution in [2.75, 3.05) is 13.2 Å². The summed E-state index contributed by atoms with van der Waals surface area (Å²) in [6, 6.07) is 0. The fraction of sp³-hybridized carbons (Fsp3) is 0.688. The van der Waals surface area contributed by atoms with Crippen molar-refractivity contribution < 1.29 is 18.6 Å². The second-order valence-corrected chi connectivity index (χ2v) is 17.0. The van der Waals surface area contributed by atoms with Gasteiger partial charge in [0, 0.05) is 43.7 Å². The van der Waals surface area contributed by atoms with E-state index in [1.165, 1.54) is 0 Å². The molecule has 2 N–H and O–H groups in total. The van der Waals surface area contributed by atoms with Crippen LogP contribution in [0, 0.1) is 21.7 Å². The molecular weight excluding hydrogens is 512 g/mol. The summed E-state index contributed by atoms with van der Waals surface area (Å²) in [5.41, 5.74) is -0.540. The van der Waals surface area contributed by atoms with E-state index in [-0.39, 0.29) is 34.9 Å². The van der Waals surface area contributed by atoms with E-state index < -0.39 is 21.6 Å². The Balaban J connectivity index is 2.08. The molecule has 0 radical (unpaired) electrons. The molecule has 6 heteroatoms. The summed E-state index contributed by atoms with van der Waals surface area (Å²) in [4.78, 5) is 3.48. The summed E-state index contributed by atoms with van der Waals surface area (Å²) in [6.45, 7) is 17.2. The van der Waals surface area contributed by atoms with Gasteiger partial charge in [-0.1, -0.05) is 92.5 Å². The maximum absolute atomic E-state index is 13.4. The molecule has 2 unspecified atom stereocenters. The first kappa shape index (κ1) is 33.1. The highest BCUT2D eigenvalue weighted by Gasteiger charge is 2.27. The van der Waals surface area contributed by atoms with Crippen molar-refractivity contribution in [3.63, 3.8) is 0 Å². The van der Waals surface area contributed by atoms with Gasteiger partial charge in [-0.25, -0.2) is 8.42 Å². The first-order valence-corrected chi connectivity index (χ1v) is 16.4. The van der Waals surface area contributed by atoms with Crippen LogP contribution >= 0.6 is 0 Å². The summed E-state index contributed by atoms with van der Waals surface area (Å²) in [5, 5.41) is 19.0. The lowest BCUT2D eigenvalue weighted by molar-refractivity contribution is 0.147. The molecule has 216 valence electrons. The number of hydrogen-bond acceptors (Lipinski definition) is 4. The van der Waals surface area contributed by atoms with E-state index in [1.807, 2.05) is 12.2 Å². The largest absolute Gasteiger partial charge is 0.396 e. The van der Waals surface area contributed by atoms with Crippen LogP contribution in [0.25, 0.3) is 0 Å². The molecule has 4 nitrogen and oxygen atoms in total. The monoisotopic (exact) mass is 564 g/mol. The second-order valence-electron chi connectivity index (χ2n) is 13.9. The average molecular weight is 565 g/mol. The minimum Gasteiger partial charge on any atom is -0.396 e. The van der Waals surface area contributed by atoms with E-state index in [0.717, 1.165) is 71.0 Å².